The first-order chi connectivity index (χ1) is 18.2. The molecule has 0 aliphatic carbocycles. The summed E-state index contributed by atoms with van der Waals surface area (Å²) >= 11 is 0. The molecular formula is C30H35N5O2. The van der Waals surface area contributed by atoms with Gasteiger partial charge in [-0.05, 0) is 61.8 Å². The Kier molecular flexibility index (Phi) is 8.13. The van der Waals surface area contributed by atoms with Crippen LogP contribution in [0.1, 0.15) is 25.3 Å². The number of unbranched alkanes of at least 4 members (excludes halogenated alkanes) is 1. The zero-order valence-corrected chi connectivity index (χ0v) is 21.7. The molecule has 6 bridgehead atoms. The summed E-state index contributed by atoms with van der Waals surface area (Å²) in [7, 11) is 2.14. The van der Waals surface area contributed by atoms with E-state index in [4.69, 9.17) is 14.5 Å². The Bertz CT molecular complexity index is 1360. The third kappa shape index (κ3) is 6.37. The summed E-state index contributed by atoms with van der Waals surface area (Å²) in [5.41, 5.74) is 5.00. The lowest BCUT2D eigenvalue weighted by atomic mass is 10.1. The molecule has 4 aromatic rings. The number of rotatable bonds is 7. The van der Waals surface area contributed by atoms with E-state index in [9.17, 15) is 0 Å². The van der Waals surface area contributed by atoms with E-state index in [0.29, 0.717) is 25.8 Å². The van der Waals surface area contributed by atoms with Crippen molar-refractivity contribution in [3.8, 4) is 17.0 Å². The van der Waals surface area contributed by atoms with E-state index in [-0.39, 0.29) is 0 Å². The van der Waals surface area contributed by atoms with E-state index in [2.05, 4.69) is 82.4 Å². The number of allylic oxidation sites excluding steroid dienone is 1. The number of hydrogen-bond donors (Lipinski definition) is 1. The van der Waals surface area contributed by atoms with Crippen LogP contribution < -0.4 is 10.1 Å². The van der Waals surface area contributed by atoms with Crippen LogP contribution in [0.5, 0.6) is 5.75 Å². The molecule has 1 aliphatic heterocycles. The first-order valence-electron chi connectivity index (χ1n) is 13.1. The zero-order valence-electron chi connectivity index (χ0n) is 21.7. The van der Waals surface area contributed by atoms with Crippen molar-refractivity contribution in [1.82, 2.24) is 19.4 Å². The van der Waals surface area contributed by atoms with E-state index in [1.165, 1.54) is 23.7 Å². The van der Waals surface area contributed by atoms with Crippen molar-refractivity contribution < 1.29 is 9.47 Å². The van der Waals surface area contributed by atoms with Crippen LogP contribution in [0.2, 0.25) is 0 Å². The highest BCUT2D eigenvalue weighted by Gasteiger charge is 2.10. The average molecular weight is 498 g/mol. The Morgan fingerprint density at radius 3 is 2.95 bits per heavy atom. The summed E-state index contributed by atoms with van der Waals surface area (Å²) in [5.74, 6) is 1.40. The molecule has 0 spiro atoms. The van der Waals surface area contributed by atoms with Crippen molar-refractivity contribution in [2.45, 2.75) is 32.9 Å². The van der Waals surface area contributed by atoms with E-state index in [1.807, 2.05) is 18.2 Å². The molecule has 0 amide bonds. The van der Waals surface area contributed by atoms with Crippen LogP contribution in [0.3, 0.4) is 0 Å². The predicted octanol–water partition coefficient (Wildman–Crippen LogP) is 6.04. The van der Waals surface area contributed by atoms with Crippen LogP contribution in [0, 0.1) is 0 Å². The van der Waals surface area contributed by atoms with Gasteiger partial charge >= 0.3 is 0 Å². The molecule has 37 heavy (non-hydrogen) atoms. The van der Waals surface area contributed by atoms with Gasteiger partial charge in [0, 0.05) is 47.8 Å². The van der Waals surface area contributed by atoms with Crippen molar-refractivity contribution in [1.29, 1.82) is 0 Å². The van der Waals surface area contributed by atoms with Crippen molar-refractivity contribution in [3.63, 3.8) is 0 Å². The monoisotopic (exact) mass is 497 g/mol. The second kappa shape index (κ2) is 12.0. The Hall–Kier alpha value is -3.68. The molecule has 0 radical (unpaired) electrons. The minimum absolute atomic E-state index is 0.455. The fourth-order valence-corrected chi connectivity index (χ4v) is 4.47. The van der Waals surface area contributed by atoms with E-state index < -0.39 is 0 Å². The van der Waals surface area contributed by atoms with Crippen molar-refractivity contribution in [3.05, 3.63) is 78.6 Å². The number of nitrogens with one attached hydrogen (secondary N) is 1. The summed E-state index contributed by atoms with van der Waals surface area (Å²) in [4.78, 5) is 11.6. The summed E-state index contributed by atoms with van der Waals surface area (Å²) in [5, 5.41) is 4.57. The smallest absolute Gasteiger partial charge is 0.227 e. The molecule has 2 aromatic heterocycles. The summed E-state index contributed by atoms with van der Waals surface area (Å²) in [6.45, 7) is 6.59. The summed E-state index contributed by atoms with van der Waals surface area (Å²) in [6, 6.07) is 16.6. The largest absolute Gasteiger partial charge is 0.492 e. The quantitative estimate of drug-likeness (QED) is 0.314. The molecule has 0 unspecified atom stereocenters. The lowest BCUT2D eigenvalue weighted by Crippen LogP contribution is -2.25. The van der Waals surface area contributed by atoms with Crippen molar-refractivity contribution >= 4 is 22.5 Å². The van der Waals surface area contributed by atoms with Gasteiger partial charge < -0.3 is 24.3 Å². The van der Waals surface area contributed by atoms with Gasteiger partial charge in [0.25, 0.3) is 0 Å². The van der Waals surface area contributed by atoms with Crippen LogP contribution in [0.25, 0.3) is 22.2 Å². The highest BCUT2D eigenvalue weighted by molar-refractivity contribution is 5.85. The Morgan fingerprint density at radius 1 is 1.08 bits per heavy atom. The van der Waals surface area contributed by atoms with Gasteiger partial charge in [0.2, 0.25) is 5.95 Å². The maximum atomic E-state index is 6.18. The van der Waals surface area contributed by atoms with Gasteiger partial charge in [-0.25, -0.2) is 9.97 Å². The molecule has 3 heterocycles. The first kappa shape index (κ1) is 25.0. The second-order valence-electron chi connectivity index (χ2n) is 9.45. The van der Waals surface area contributed by atoms with Crippen LogP contribution >= 0.6 is 0 Å². The van der Waals surface area contributed by atoms with Gasteiger partial charge in [-0.2, -0.15) is 0 Å². The van der Waals surface area contributed by atoms with Crippen molar-refractivity contribution in [2.24, 2.45) is 0 Å². The third-order valence-electron chi connectivity index (χ3n) is 6.61. The highest BCUT2D eigenvalue weighted by Crippen LogP contribution is 2.28. The Labute approximate surface area is 218 Å². The normalized spacial score (nSPS) is 14.5. The van der Waals surface area contributed by atoms with Gasteiger partial charge in [-0.3, -0.25) is 0 Å². The summed E-state index contributed by atoms with van der Waals surface area (Å²) < 4.78 is 14.4. The van der Waals surface area contributed by atoms with E-state index in [0.717, 1.165) is 47.9 Å². The van der Waals surface area contributed by atoms with Crippen LogP contribution in [-0.4, -0.2) is 52.8 Å². The fraction of sp³-hybridized carbons (Fsp3) is 0.333. The SMILES string of the molecule is CCCCN(C)CCOc1ccc2cc1COC/C=C\Cn1ccc3ccc(cc31)-c1ccnc(n1)N2. The minimum Gasteiger partial charge on any atom is -0.492 e. The molecule has 5 rings (SSSR count). The van der Waals surface area contributed by atoms with Gasteiger partial charge in [0.15, 0.2) is 0 Å². The Balaban J connectivity index is 1.40. The second-order valence-corrected chi connectivity index (χ2v) is 9.45. The van der Waals surface area contributed by atoms with Crippen LogP contribution in [0.4, 0.5) is 11.6 Å². The molecule has 0 atom stereocenters. The standard InChI is InChI=1S/C30H35N5O2/c1-3-4-14-34(2)17-19-37-29-10-9-26-20-25(29)22-36-18-6-5-15-35-16-12-23-7-8-24(21-28(23)35)27-11-13-31-30(32-26)33-27/h5-13,16,20-21H,3-4,14-15,17-19,22H2,1-2H3,(H,31,32,33)/b6-5-. The molecule has 1 aliphatic rings. The number of fused-ring (bicyclic) bond motifs is 6. The van der Waals surface area contributed by atoms with Crippen LogP contribution in [-0.2, 0) is 17.9 Å². The lowest BCUT2D eigenvalue weighted by Gasteiger charge is -2.18. The molecule has 0 saturated heterocycles. The number of hydrogen-bond acceptors (Lipinski definition) is 6. The number of benzene rings is 2. The Morgan fingerprint density at radius 2 is 2.03 bits per heavy atom. The molecule has 192 valence electrons. The number of ether oxygens (including phenoxy) is 2. The number of likely N-dealkylation sites (N-methyl/N-ethyl adjacent to an activating group) is 1. The number of aromatic nitrogens is 3. The molecule has 7 nitrogen and oxygen atoms in total. The van der Waals surface area contributed by atoms with E-state index >= 15 is 0 Å². The molecule has 1 N–H and O–H groups in total. The minimum atomic E-state index is 0.455. The lowest BCUT2D eigenvalue weighted by molar-refractivity contribution is 0.144. The molecule has 0 fully saturated rings. The average Bonchev–Trinajstić information content (AvgIpc) is 3.32. The predicted molar refractivity (Wildman–Crippen MR) is 149 cm³/mol. The fourth-order valence-electron chi connectivity index (χ4n) is 4.47. The summed E-state index contributed by atoms with van der Waals surface area (Å²) in [6.07, 6.45) is 10.5. The van der Waals surface area contributed by atoms with Crippen LogP contribution in [0.15, 0.2) is 73.1 Å². The zero-order chi connectivity index (χ0) is 25.5. The molecule has 2 aromatic carbocycles. The molecule has 0 saturated carbocycles. The maximum absolute atomic E-state index is 6.18. The highest BCUT2D eigenvalue weighted by atomic mass is 16.5. The third-order valence-corrected chi connectivity index (χ3v) is 6.61. The van der Waals surface area contributed by atoms with Gasteiger partial charge in [0.1, 0.15) is 12.4 Å². The van der Waals surface area contributed by atoms with Crippen molar-refractivity contribution in [2.75, 3.05) is 38.7 Å². The maximum Gasteiger partial charge on any atom is 0.227 e. The first-order valence-corrected chi connectivity index (χ1v) is 13.1. The van der Waals surface area contributed by atoms with E-state index in [1.54, 1.807) is 6.20 Å². The molecule has 7 heteroatoms. The number of anilines is 2. The van der Waals surface area contributed by atoms with Gasteiger partial charge in [-0.1, -0.05) is 37.6 Å². The molecular weight excluding hydrogens is 462 g/mol. The van der Waals surface area contributed by atoms with Gasteiger partial charge in [0.05, 0.1) is 18.9 Å². The topological polar surface area (TPSA) is 64.4 Å². The number of nitrogens with zero attached hydrogens (tertiary/aromatic N) is 4. The van der Waals surface area contributed by atoms with Gasteiger partial charge in [-0.15, -0.1) is 0 Å².